The lowest BCUT2D eigenvalue weighted by atomic mass is 10.3. The largest absolute Gasteiger partial charge is 0.324 e. The van der Waals surface area contributed by atoms with Crippen molar-refractivity contribution in [1.29, 1.82) is 0 Å². The fourth-order valence-corrected chi connectivity index (χ4v) is 4.46. The molecule has 1 N–H and O–H groups in total. The van der Waals surface area contributed by atoms with Crippen molar-refractivity contribution >= 4 is 54.8 Å². The second kappa shape index (κ2) is 8.94. The molecule has 3 rings (SSSR count). The Morgan fingerprint density at radius 2 is 1.69 bits per heavy atom. The molecule has 0 aliphatic rings. The van der Waals surface area contributed by atoms with E-state index in [4.69, 9.17) is 11.6 Å². The third-order valence-corrected chi connectivity index (χ3v) is 6.95. The highest BCUT2D eigenvalue weighted by atomic mass is 79.9. The molecule has 0 aliphatic heterocycles. The SMILES string of the molecule is O=C(CN(c1ccccc1F)S(=O)(=O)c1ccccc1)Nc1ccc(Br)c(Cl)c1. The van der Waals surface area contributed by atoms with Crippen LogP contribution in [0.4, 0.5) is 15.8 Å². The zero-order valence-corrected chi connectivity index (χ0v) is 18.0. The maximum absolute atomic E-state index is 14.4. The number of carbonyl (C=O) groups excluding carboxylic acids is 1. The summed E-state index contributed by atoms with van der Waals surface area (Å²) in [5, 5.41) is 2.96. The van der Waals surface area contributed by atoms with Crippen molar-refractivity contribution in [2.24, 2.45) is 0 Å². The lowest BCUT2D eigenvalue weighted by Gasteiger charge is -2.24. The molecule has 0 saturated carbocycles. The van der Waals surface area contributed by atoms with Crippen molar-refractivity contribution in [3.63, 3.8) is 0 Å². The number of nitrogens with zero attached hydrogens (tertiary/aromatic N) is 1. The quantitative estimate of drug-likeness (QED) is 0.517. The first-order chi connectivity index (χ1) is 13.8. The molecule has 0 saturated heterocycles. The van der Waals surface area contributed by atoms with Gasteiger partial charge in [-0.25, -0.2) is 12.8 Å². The zero-order chi connectivity index (χ0) is 21.0. The van der Waals surface area contributed by atoms with Crippen LogP contribution in [0.5, 0.6) is 0 Å². The van der Waals surface area contributed by atoms with Gasteiger partial charge in [0.1, 0.15) is 12.4 Å². The molecule has 3 aromatic carbocycles. The Balaban J connectivity index is 1.94. The zero-order valence-electron chi connectivity index (χ0n) is 14.8. The van der Waals surface area contributed by atoms with Gasteiger partial charge in [0.15, 0.2) is 0 Å². The first-order valence-electron chi connectivity index (χ1n) is 8.36. The minimum absolute atomic E-state index is 0.0530. The summed E-state index contributed by atoms with van der Waals surface area (Å²) in [6.07, 6.45) is 0. The molecule has 0 bridgehead atoms. The van der Waals surface area contributed by atoms with E-state index >= 15 is 0 Å². The van der Waals surface area contributed by atoms with Crippen molar-refractivity contribution in [2.45, 2.75) is 4.90 Å². The molecule has 0 aromatic heterocycles. The van der Waals surface area contributed by atoms with Crippen molar-refractivity contribution in [3.8, 4) is 0 Å². The monoisotopic (exact) mass is 496 g/mol. The van der Waals surface area contributed by atoms with E-state index in [9.17, 15) is 17.6 Å². The van der Waals surface area contributed by atoms with Crippen LogP contribution in [-0.4, -0.2) is 20.9 Å². The van der Waals surface area contributed by atoms with Gasteiger partial charge >= 0.3 is 0 Å². The van der Waals surface area contributed by atoms with Crippen LogP contribution < -0.4 is 9.62 Å². The highest BCUT2D eigenvalue weighted by molar-refractivity contribution is 9.10. The Morgan fingerprint density at radius 1 is 1.03 bits per heavy atom. The molecule has 150 valence electrons. The molecule has 0 radical (unpaired) electrons. The molecule has 1 amide bonds. The molecular formula is C20H15BrClFN2O3S. The average Bonchev–Trinajstić information content (AvgIpc) is 2.70. The number of hydrogen-bond donors (Lipinski definition) is 1. The van der Waals surface area contributed by atoms with Crippen molar-refractivity contribution in [1.82, 2.24) is 0 Å². The number of benzene rings is 3. The summed E-state index contributed by atoms with van der Waals surface area (Å²) in [5.74, 6) is -1.40. The molecular weight excluding hydrogens is 483 g/mol. The molecule has 5 nitrogen and oxygen atoms in total. The molecule has 0 fully saturated rings. The lowest BCUT2D eigenvalue weighted by Crippen LogP contribution is -2.38. The van der Waals surface area contributed by atoms with Gasteiger partial charge in [-0.2, -0.15) is 0 Å². The van der Waals surface area contributed by atoms with Crippen LogP contribution >= 0.6 is 27.5 Å². The standard InChI is InChI=1S/C20H15BrClFN2O3S/c21-16-11-10-14(12-17(16)22)24-20(26)13-25(19-9-5-4-8-18(19)23)29(27,28)15-6-2-1-3-7-15/h1-12H,13H2,(H,24,26). The summed E-state index contributed by atoms with van der Waals surface area (Å²) in [5.41, 5.74) is 0.161. The van der Waals surface area contributed by atoms with Crippen molar-refractivity contribution < 1.29 is 17.6 Å². The predicted molar refractivity (Wildman–Crippen MR) is 115 cm³/mol. The van der Waals surface area contributed by atoms with E-state index in [1.165, 1.54) is 36.4 Å². The molecule has 29 heavy (non-hydrogen) atoms. The number of halogens is 3. The second-order valence-electron chi connectivity index (χ2n) is 5.95. The number of carbonyl (C=O) groups is 1. The Hall–Kier alpha value is -2.42. The maximum atomic E-state index is 14.4. The van der Waals surface area contributed by atoms with Gasteiger partial charge in [-0.15, -0.1) is 0 Å². The van der Waals surface area contributed by atoms with Gasteiger partial charge in [0, 0.05) is 10.2 Å². The highest BCUT2D eigenvalue weighted by Crippen LogP contribution is 2.27. The second-order valence-corrected chi connectivity index (χ2v) is 9.08. The fourth-order valence-electron chi connectivity index (χ4n) is 2.58. The van der Waals surface area contributed by atoms with Crippen LogP contribution in [0.3, 0.4) is 0 Å². The molecule has 0 unspecified atom stereocenters. The number of para-hydroxylation sites is 1. The minimum atomic E-state index is -4.18. The number of amides is 1. The van der Waals surface area contributed by atoms with Crippen molar-refractivity contribution in [3.05, 3.63) is 88.1 Å². The molecule has 0 atom stereocenters. The smallest absolute Gasteiger partial charge is 0.264 e. The van der Waals surface area contributed by atoms with E-state index in [2.05, 4.69) is 21.2 Å². The first-order valence-corrected chi connectivity index (χ1v) is 11.0. The minimum Gasteiger partial charge on any atom is -0.324 e. The summed E-state index contributed by atoms with van der Waals surface area (Å²) in [6.45, 7) is -0.619. The Bertz CT molecular complexity index is 1140. The molecule has 3 aromatic rings. The maximum Gasteiger partial charge on any atom is 0.264 e. The van der Waals surface area contributed by atoms with Crippen molar-refractivity contribution in [2.75, 3.05) is 16.2 Å². The Morgan fingerprint density at radius 3 is 2.34 bits per heavy atom. The summed E-state index contributed by atoms with van der Waals surface area (Å²) in [7, 11) is -4.18. The van der Waals surface area contributed by atoms with E-state index in [-0.39, 0.29) is 10.6 Å². The van der Waals surface area contributed by atoms with Gasteiger partial charge in [-0.05, 0) is 58.4 Å². The predicted octanol–water partition coefficient (Wildman–Crippen LogP) is 5.08. The number of hydrogen-bond acceptors (Lipinski definition) is 3. The van der Waals surface area contributed by atoms with Gasteiger partial charge < -0.3 is 5.32 Å². The lowest BCUT2D eigenvalue weighted by molar-refractivity contribution is -0.114. The van der Waals surface area contributed by atoms with E-state index in [0.717, 1.165) is 10.4 Å². The Kier molecular flexibility index (Phi) is 6.56. The molecule has 0 spiro atoms. The van der Waals surface area contributed by atoms with Crippen LogP contribution in [-0.2, 0) is 14.8 Å². The van der Waals surface area contributed by atoms with E-state index in [0.29, 0.717) is 15.2 Å². The number of sulfonamides is 1. The van der Waals surface area contributed by atoms with Gasteiger partial charge in [-0.1, -0.05) is 41.9 Å². The Labute approximate surface area is 181 Å². The number of anilines is 2. The molecule has 0 heterocycles. The van der Waals surface area contributed by atoms with Crippen LogP contribution in [0.25, 0.3) is 0 Å². The van der Waals surface area contributed by atoms with Gasteiger partial charge in [0.25, 0.3) is 10.0 Å². The van der Waals surface area contributed by atoms with E-state index < -0.39 is 28.3 Å². The normalized spacial score (nSPS) is 11.1. The van der Waals surface area contributed by atoms with Crippen LogP contribution in [0.1, 0.15) is 0 Å². The summed E-state index contributed by atoms with van der Waals surface area (Å²) < 4.78 is 42.0. The highest BCUT2D eigenvalue weighted by Gasteiger charge is 2.29. The van der Waals surface area contributed by atoms with E-state index in [1.54, 1.807) is 30.3 Å². The summed E-state index contributed by atoms with van der Waals surface area (Å²) in [4.78, 5) is 12.5. The van der Waals surface area contributed by atoms with Gasteiger partial charge in [-0.3, -0.25) is 9.10 Å². The van der Waals surface area contributed by atoms with Gasteiger partial charge in [0.05, 0.1) is 15.6 Å². The van der Waals surface area contributed by atoms with Crippen LogP contribution in [0.2, 0.25) is 5.02 Å². The first kappa shape index (κ1) is 21.3. The molecule has 9 heteroatoms. The third-order valence-electron chi connectivity index (χ3n) is 3.94. The van der Waals surface area contributed by atoms with Crippen LogP contribution in [0, 0.1) is 5.82 Å². The average molecular weight is 498 g/mol. The summed E-state index contributed by atoms with van der Waals surface area (Å²) >= 11 is 9.27. The third kappa shape index (κ3) is 4.95. The van der Waals surface area contributed by atoms with E-state index in [1.807, 2.05) is 0 Å². The topological polar surface area (TPSA) is 66.5 Å². The summed E-state index contributed by atoms with van der Waals surface area (Å²) in [6, 6.07) is 17.7. The van der Waals surface area contributed by atoms with Gasteiger partial charge in [0.2, 0.25) is 5.91 Å². The number of rotatable bonds is 6. The van der Waals surface area contributed by atoms with Crippen LogP contribution in [0.15, 0.2) is 82.2 Å². The molecule has 0 aliphatic carbocycles. The number of nitrogens with one attached hydrogen (secondary N) is 1. The fraction of sp³-hybridized carbons (Fsp3) is 0.0500.